The van der Waals surface area contributed by atoms with Gasteiger partial charge in [-0.25, -0.2) is 0 Å². The van der Waals surface area contributed by atoms with E-state index < -0.39 is 0 Å². The van der Waals surface area contributed by atoms with E-state index in [1.54, 1.807) is 0 Å². The number of allylic oxidation sites excluding steroid dienone is 4. The lowest BCUT2D eigenvalue weighted by atomic mass is 10.1. The summed E-state index contributed by atoms with van der Waals surface area (Å²) in [7, 11) is 0. The molecule has 0 saturated heterocycles. The Balaban J connectivity index is 3.33. The van der Waals surface area contributed by atoms with Gasteiger partial charge in [0.1, 0.15) is 0 Å². The van der Waals surface area contributed by atoms with E-state index >= 15 is 0 Å². The lowest BCUT2D eigenvalue weighted by Gasteiger charge is -1.96. The summed E-state index contributed by atoms with van der Waals surface area (Å²) in [5.74, 6) is 1.58. The molecule has 0 fully saturated rings. The molecule has 0 atom stereocenters. The summed E-state index contributed by atoms with van der Waals surface area (Å²) in [5.41, 5.74) is 0. The van der Waals surface area contributed by atoms with Crippen LogP contribution in [-0.2, 0) is 0 Å². The fourth-order valence-electron chi connectivity index (χ4n) is 1.01. The van der Waals surface area contributed by atoms with Crippen LogP contribution in [0.2, 0.25) is 0 Å². The van der Waals surface area contributed by atoms with Crippen molar-refractivity contribution in [3.05, 3.63) is 24.3 Å². The van der Waals surface area contributed by atoms with Gasteiger partial charge >= 0.3 is 0 Å². The topological polar surface area (TPSA) is 0 Å². The van der Waals surface area contributed by atoms with Gasteiger partial charge < -0.3 is 0 Å². The Kier molecular flexibility index (Phi) is 7.77. The second-order valence-electron chi connectivity index (χ2n) is 4.44. The fraction of sp³-hybridized carbons (Fsp3) is 0.692. The van der Waals surface area contributed by atoms with Crippen LogP contribution in [0.25, 0.3) is 0 Å². The molecule has 0 nitrogen and oxygen atoms in total. The molecule has 0 rings (SSSR count). The predicted molar refractivity (Wildman–Crippen MR) is 61.8 cm³/mol. The Morgan fingerprint density at radius 3 is 1.38 bits per heavy atom. The summed E-state index contributed by atoms with van der Waals surface area (Å²) in [6.45, 7) is 9.00. The van der Waals surface area contributed by atoms with E-state index in [9.17, 15) is 0 Å². The smallest absolute Gasteiger partial charge is 0.0169 e. The Morgan fingerprint density at radius 1 is 0.692 bits per heavy atom. The van der Waals surface area contributed by atoms with Crippen LogP contribution in [-0.4, -0.2) is 0 Å². The number of hydrogen-bond donors (Lipinski definition) is 0. The molecule has 0 saturated carbocycles. The predicted octanol–water partition coefficient (Wildman–Crippen LogP) is 4.58. The van der Waals surface area contributed by atoms with Crippen molar-refractivity contribution in [2.75, 3.05) is 0 Å². The molecule has 0 aliphatic heterocycles. The molecule has 0 N–H and O–H groups in total. The molecule has 0 aromatic carbocycles. The molecular formula is C13H24. The fourth-order valence-corrected chi connectivity index (χ4v) is 1.01. The summed E-state index contributed by atoms with van der Waals surface area (Å²) in [6.07, 6.45) is 12.6. The van der Waals surface area contributed by atoms with E-state index in [4.69, 9.17) is 0 Å². The molecule has 0 aromatic rings. The first-order valence-electron chi connectivity index (χ1n) is 5.43. The molecule has 0 aromatic heterocycles. The standard InChI is InChI=1S/C13H24/c1-12(2)10-8-6-5-7-9-11-13(3)4/h6-9,12-13H,5,10-11H2,1-4H3/b8-6-,9-7-. The van der Waals surface area contributed by atoms with Crippen molar-refractivity contribution in [2.45, 2.75) is 47.0 Å². The normalized spacial score (nSPS) is 12.8. The summed E-state index contributed by atoms with van der Waals surface area (Å²) < 4.78 is 0. The van der Waals surface area contributed by atoms with Crippen LogP contribution in [0.3, 0.4) is 0 Å². The van der Waals surface area contributed by atoms with Crippen LogP contribution in [0.4, 0.5) is 0 Å². The minimum absolute atomic E-state index is 0.788. The van der Waals surface area contributed by atoms with Gasteiger partial charge in [-0.1, -0.05) is 52.0 Å². The van der Waals surface area contributed by atoms with Crippen molar-refractivity contribution in [3.63, 3.8) is 0 Å². The molecule has 0 spiro atoms. The molecule has 0 heteroatoms. The molecule has 0 unspecified atom stereocenters. The minimum Gasteiger partial charge on any atom is -0.0880 e. The first kappa shape index (κ1) is 12.5. The summed E-state index contributed by atoms with van der Waals surface area (Å²) in [4.78, 5) is 0. The van der Waals surface area contributed by atoms with Gasteiger partial charge in [-0.05, 0) is 31.1 Å². The summed E-state index contributed by atoms with van der Waals surface area (Å²) in [5, 5.41) is 0. The molecule has 76 valence electrons. The van der Waals surface area contributed by atoms with Crippen LogP contribution < -0.4 is 0 Å². The first-order valence-corrected chi connectivity index (χ1v) is 5.43. The third-order valence-corrected chi connectivity index (χ3v) is 1.82. The van der Waals surface area contributed by atoms with Crippen molar-refractivity contribution < 1.29 is 0 Å². The summed E-state index contributed by atoms with van der Waals surface area (Å²) >= 11 is 0. The highest BCUT2D eigenvalue weighted by atomic mass is 13.9. The average Bonchev–Trinajstić information content (AvgIpc) is 2.01. The molecule has 0 radical (unpaired) electrons. The zero-order chi connectivity index (χ0) is 10.1. The first-order chi connectivity index (χ1) is 6.13. The second kappa shape index (κ2) is 8.10. The summed E-state index contributed by atoms with van der Waals surface area (Å²) in [6, 6.07) is 0. The van der Waals surface area contributed by atoms with E-state index in [0.717, 1.165) is 18.3 Å². The zero-order valence-corrected chi connectivity index (χ0v) is 9.59. The van der Waals surface area contributed by atoms with Gasteiger partial charge in [-0.15, -0.1) is 0 Å². The van der Waals surface area contributed by atoms with Gasteiger partial charge in [0.2, 0.25) is 0 Å². The van der Waals surface area contributed by atoms with Gasteiger partial charge in [0.05, 0.1) is 0 Å². The molecule has 0 heterocycles. The zero-order valence-electron chi connectivity index (χ0n) is 9.59. The van der Waals surface area contributed by atoms with E-state index in [1.165, 1.54) is 12.8 Å². The van der Waals surface area contributed by atoms with Crippen LogP contribution in [0.5, 0.6) is 0 Å². The third-order valence-electron chi connectivity index (χ3n) is 1.82. The van der Waals surface area contributed by atoms with Crippen molar-refractivity contribution >= 4 is 0 Å². The molecule has 0 aliphatic rings. The average molecular weight is 180 g/mol. The van der Waals surface area contributed by atoms with Gasteiger partial charge in [0, 0.05) is 0 Å². The highest BCUT2D eigenvalue weighted by Crippen LogP contribution is 2.02. The number of hydrogen-bond acceptors (Lipinski definition) is 0. The largest absolute Gasteiger partial charge is 0.0880 e. The monoisotopic (exact) mass is 180 g/mol. The maximum Gasteiger partial charge on any atom is -0.0169 e. The minimum atomic E-state index is 0.788. The van der Waals surface area contributed by atoms with E-state index in [1.807, 2.05) is 0 Å². The highest BCUT2D eigenvalue weighted by Gasteiger charge is 1.87. The Bertz CT molecular complexity index is 131. The van der Waals surface area contributed by atoms with Gasteiger partial charge in [-0.2, -0.15) is 0 Å². The van der Waals surface area contributed by atoms with E-state index in [2.05, 4.69) is 52.0 Å². The van der Waals surface area contributed by atoms with Gasteiger partial charge in [0.15, 0.2) is 0 Å². The molecule has 0 aliphatic carbocycles. The molecular weight excluding hydrogens is 156 g/mol. The van der Waals surface area contributed by atoms with E-state index in [-0.39, 0.29) is 0 Å². The SMILES string of the molecule is CC(C)C/C=C\C/C=C\CC(C)C. The maximum atomic E-state index is 2.28. The van der Waals surface area contributed by atoms with Crippen molar-refractivity contribution in [3.8, 4) is 0 Å². The Labute approximate surface area is 83.7 Å². The van der Waals surface area contributed by atoms with Crippen molar-refractivity contribution in [2.24, 2.45) is 11.8 Å². The lowest BCUT2D eigenvalue weighted by molar-refractivity contribution is 0.661. The number of rotatable bonds is 6. The maximum absolute atomic E-state index is 2.28. The Morgan fingerprint density at radius 2 is 1.08 bits per heavy atom. The van der Waals surface area contributed by atoms with Gasteiger partial charge in [-0.3, -0.25) is 0 Å². The second-order valence-corrected chi connectivity index (χ2v) is 4.44. The quantitative estimate of drug-likeness (QED) is 0.525. The lowest BCUT2D eigenvalue weighted by Crippen LogP contribution is -1.81. The van der Waals surface area contributed by atoms with Crippen molar-refractivity contribution in [1.82, 2.24) is 0 Å². The Hall–Kier alpha value is -0.520. The van der Waals surface area contributed by atoms with E-state index in [0.29, 0.717) is 0 Å². The van der Waals surface area contributed by atoms with Crippen LogP contribution >= 0.6 is 0 Å². The van der Waals surface area contributed by atoms with Crippen LogP contribution in [0.1, 0.15) is 47.0 Å². The van der Waals surface area contributed by atoms with Gasteiger partial charge in [0.25, 0.3) is 0 Å². The molecule has 0 bridgehead atoms. The van der Waals surface area contributed by atoms with Crippen LogP contribution in [0, 0.1) is 11.8 Å². The van der Waals surface area contributed by atoms with Crippen molar-refractivity contribution in [1.29, 1.82) is 0 Å². The third kappa shape index (κ3) is 11.5. The highest BCUT2D eigenvalue weighted by molar-refractivity contribution is 4.93. The molecule has 0 amide bonds. The van der Waals surface area contributed by atoms with Crippen LogP contribution in [0.15, 0.2) is 24.3 Å². The molecule has 13 heavy (non-hydrogen) atoms.